The first-order chi connectivity index (χ1) is 7.07. The fourth-order valence-corrected chi connectivity index (χ4v) is 1.05. The van der Waals surface area contributed by atoms with Crippen LogP contribution >= 0.6 is 0 Å². The number of hydrogen-bond donors (Lipinski definition) is 1. The topological polar surface area (TPSA) is 27.6 Å². The summed E-state index contributed by atoms with van der Waals surface area (Å²) in [5, 5.41) is 9.38. The van der Waals surface area contributed by atoms with Crippen molar-refractivity contribution in [1.82, 2.24) is 10.3 Å². The predicted molar refractivity (Wildman–Crippen MR) is 68.0 cm³/mol. The van der Waals surface area contributed by atoms with E-state index in [0.29, 0.717) is 0 Å². The standard InChI is InChI=1S/C12H25N3/c1-6-13-10-12(4)15(5)14-9-7-8-11(2)3/h9,11,13H,4,6-8,10H2,1-3,5H3/b14-9-. The first-order valence-corrected chi connectivity index (χ1v) is 5.72. The highest BCUT2D eigenvalue weighted by Crippen LogP contribution is 2.02. The minimum atomic E-state index is 0.742. The molecule has 0 aliphatic rings. The number of rotatable bonds is 8. The number of likely N-dealkylation sites (N-methyl/N-ethyl adjacent to an activating group) is 2. The van der Waals surface area contributed by atoms with E-state index in [1.165, 1.54) is 6.42 Å². The second-order valence-electron chi connectivity index (χ2n) is 4.14. The van der Waals surface area contributed by atoms with Crippen LogP contribution in [0.4, 0.5) is 0 Å². The molecular formula is C12H25N3. The Hall–Kier alpha value is -0.830. The van der Waals surface area contributed by atoms with E-state index in [-0.39, 0.29) is 0 Å². The lowest BCUT2D eigenvalue weighted by Crippen LogP contribution is -2.23. The second kappa shape index (κ2) is 8.48. The van der Waals surface area contributed by atoms with Gasteiger partial charge < -0.3 is 5.32 Å². The van der Waals surface area contributed by atoms with Crippen molar-refractivity contribution in [2.75, 3.05) is 20.1 Å². The van der Waals surface area contributed by atoms with Crippen LogP contribution in [0, 0.1) is 5.92 Å². The zero-order valence-electron chi connectivity index (χ0n) is 10.6. The molecule has 0 radical (unpaired) electrons. The third-order valence-corrected chi connectivity index (χ3v) is 2.16. The van der Waals surface area contributed by atoms with Gasteiger partial charge in [-0.15, -0.1) is 0 Å². The molecule has 0 aromatic heterocycles. The Bertz CT molecular complexity index is 197. The normalized spacial score (nSPS) is 11.3. The molecule has 0 amide bonds. The molecule has 0 heterocycles. The summed E-state index contributed by atoms with van der Waals surface area (Å²) in [6.07, 6.45) is 4.20. The maximum absolute atomic E-state index is 4.32. The molecule has 0 saturated carbocycles. The molecule has 88 valence electrons. The first kappa shape index (κ1) is 14.2. The highest BCUT2D eigenvalue weighted by atomic mass is 15.4. The number of nitrogens with zero attached hydrogens (tertiary/aromatic N) is 2. The van der Waals surface area contributed by atoms with Gasteiger partial charge in [-0.2, -0.15) is 5.10 Å². The number of hydrazone groups is 1. The molecular weight excluding hydrogens is 186 g/mol. The number of hydrogen-bond acceptors (Lipinski definition) is 3. The van der Waals surface area contributed by atoms with E-state index in [4.69, 9.17) is 0 Å². The van der Waals surface area contributed by atoms with Crippen LogP contribution in [-0.2, 0) is 0 Å². The van der Waals surface area contributed by atoms with Crippen LogP contribution in [0.5, 0.6) is 0 Å². The van der Waals surface area contributed by atoms with Crippen molar-refractivity contribution in [3.05, 3.63) is 12.3 Å². The van der Waals surface area contributed by atoms with E-state index < -0.39 is 0 Å². The van der Waals surface area contributed by atoms with Gasteiger partial charge in [-0.25, -0.2) is 0 Å². The minimum absolute atomic E-state index is 0.742. The fraction of sp³-hybridized carbons (Fsp3) is 0.750. The van der Waals surface area contributed by atoms with Crippen molar-refractivity contribution in [1.29, 1.82) is 0 Å². The van der Waals surface area contributed by atoms with E-state index in [1.807, 2.05) is 18.3 Å². The van der Waals surface area contributed by atoms with E-state index in [0.717, 1.165) is 31.1 Å². The Labute approximate surface area is 94.2 Å². The molecule has 0 fully saturated rings. The Morgan fingerprint density at radius 3 is 2.73 bits per heavy atom. The average Bonchev–Trinajstić information content (AvgIpc) is 2.20. The number of nitrogens with one attached hydrogen (secondary N) is 1. The van der Waals surface area contributed by atoms with Gasteiger partial charge in [0.25, 0.3) is 0 Å². The summed E-state index contributed by atoms with van der Waals surface area (Å²) in [7, 11) is 1.94. The summed E-state index contributed by atoms with van der Waals surface area (Å²) >= 11 is 0. The average molecular weight is 211 g/mol. The van der Waals surface area contributed by atoms with E-state index in [1.54, 1.807) is 0 Å². The van der Waals surface area contributed by atoms with Crippen LogP contribution in [0.15, 0.2) is 17.4 Å². The molecule has 0 aromatic carbocycles. The summed E-state index contributed by atoms with van der Waals surface area (Å²) in [6, 6.07) is 0. The van der Waals surface area contributed by atoms with Crippen molar-refractivity contribution in [3.63, 3.8) is 0 Å². The Morgan fingerprint density at radius 2 is 2.20 bits per heavy atom. The van der Waals surface area contributed by atoms with E-state index >= 15 is 0 Å². The summed E-state index contributed by atoms with van der Waals surface area (Å²) in [4.78, 5) is 0. The van der Waals surface area contributed by atoms with E-state index in [9.17, 15) is 0 Å². The SMILES string of the molecule is C=C(CNCC)N(C)/N=C\CCC(C)C. The monoisotopic (exact) mass is 211 g/mol. The Balaban J connectivity index is 3.70. The Morgan fingerprint density at radius 1 is 1.53 bits per heavy atom. The predicted octanol–water partition coefficient (Wildman–Crippen LogP) is 2.46. The summed E-state index contributed by atoms with van der Waals surface area (Å²) in [6.45, 7) is 12.2. The molecule has 0 rings (SSSR count). The quantitative estimate of drug-likeness (QED) is 0.493. The van der Waals surface area contributed by atoms with Crippen molar-refractivity contribution in [2.24, 2.45) is 11.0 Å². The van der Waals surface area contributed by atoms with Crippen molar-refractivity contribution in [3.8, 4) is 0 Å². The molecule has 0 aromatic rings. The van der Waals surface area contributed by atoms with Crippen molar-refractivity contribution < 1.29 is 0 Å². The third kappa shape index (κ3) is 8.18. The van der Waals surface area contributed by atoms with Gasteiger partial charge in [0.2, 0.25) is 0 Å². The van der Waals surface area contributed by atoms with Gasteiger partial charge in [-0.05, 0) is 25.3 Å². The van der Waals surface area contributed by atoms with Crippen molar-refractivity contribution in [2.45, 2.75) is 33.6 Å². The molecule has 0 bridgehead atoms. The molecule has 0 unspecified atom stereocenters. The van der Waals surface area contributed by atoms with Gasteiger partial charge in [-0.1, -0.05) is 27.4 Å². The second-order valence-corrected chi connectivity index (χ2v) is 4.14. The van der Waals surface area contributed by atoms with Gasteiger partial charge in [0.1, 0.15) is 0 Å². The third-order valence-electron chi connectivity index (χ3n) is 2.16. The summed E-state index contributed by atoms with van der Waals surface area (Å²) < 4.78 is 0. The summed E-state index contributed by atoms with van der Waals surface area (Å²) in [5.74, 6) is 0.742. The smallest absolute Gasteiger partial charge is 0.0431 e. The maximum Gasteiger partial charge on any atom is 0.0431 e. The molecule has 0 aliphatic carbocycles. The lowest BCUT2D eigenvalue weighted by molar-refractivity contribution is 0.430. The fourth-order valence-electron chi connectivity index (χ4n) is 1.05. The maximum atomic E-state index is 4.32. The molecule has 0 saturated heterocycles. The zero-order valence-corrected chi connectivity index (χ0v) is 10.6. The zero-order chi connectivity index (χ0) is 11.7. The van der Waals surface area contributed by atoms with Crippen LogP contribution in [0.1, 0.15) is 33.6 Å². The molecule has 0 atom stereocenters. The lowest BCUT2D eigenvalue weighted by Gasteiger charge is -2.15. The van der Waals surface area contributed by atoms with Gasteiger partial charge >= 0.3 is 0 Å². The molecule has 15 heavy (non-hydrogen) atoms. The molecule has 0 spiro atoms. The van der Waals surface area contributed by atoms with Crippen LogP contribution in [0.25, 0.3) is 0 Å². The molecule has 0 aliphatic heterocycles. The molecule has 3 nitrogen and oxygen atoms in total. The highest BCUT2D eigenvalue weighted by Gasteiger charge is 1.97. The van der Waals surface area contributed by atoms with Crippen LogP contribution < -0.4 is 5.32 Å². The Kier molecular flexibility index (Phi) is 8.01. The molecule has 3 heteroatoms. The van der Waals surface area contributed by atoms with Gasteiger partial charge in [0.05, 0.1) is 0 Å². The summed E-state index contributed by atoms with van der Waals surface area (Å²) in [5.41, 5.74) is 0.998. The van der Waals surface area contributed by atoms with Gasteiger partial charge in [0.15, 0.2) is 0 Å². The van der Waals surface area contributed by atoms with E-state index in [2.05, 4.69) is 37.8 Å². The van der Waals surface area contributed by atoms with Gasteiger partial charge in [0, 0.05) is 25.5 Å². The first-order valence-electron chi connectivity index (χ1n) is 5.72. The van der Waals surface area contributed by atoms with Crippen molar-refractivity contribution >= 4 is 6.21 Å². The molecule has 1 N–H and O–H groups in total. The van der Waals surface area contributed by atoms with Crippen LogP contribution in [0.2, 0.25) is 0 Å². The lowest BCUT2D eigenvalue weighted by atomic mass is 10.1. The highest BCUT2D eigenvalue weighted by molar-refractivity contribution is 5.56. The minimum Gasteiger partial charge on any atom is -0.311 e. The largest absolute Gasteiger partial charge is 0.311 e. The van der Waals surface area contributed by atoms with Crippen LogP contribution in [0.3, 0.4) is 0 Å². The van der Waals surface area contributed by atoms with Crippen LogP contribution in [-0.4, -0.2) is 31.4 Å². The van der Waals surface area contributed by atoms with Gasteiger partial charge in [-0.3, -0.25) is 5.01 Å².